The van der Waals surface area contributed by atoms with E-state index in [0.29, 0.717) is 34.6 Å². The Labute approximate surface area is 140 Å². The summed E-state index contributed by atoms with van der Waals surface area (Å²) in [6.45, 7) is 3.14. The molecule has 0 aliphatic carbocycles. The van der Waals surface area contributed by atoms with E-state index in [2.05, 4.69) is 20.6 Å². The molecule has 0 fully saturated rings. The van der Waals surface area contributed by atoms with Crippen LogP contribution in [-0.4, -0.2) is 48.0 Å². The van der Waals surface area contributed by atoms with E-state index in [4.69, 9.17) is 11.6 Å². The van der Waals surface area contributed by atoms with Gasteiger partial charge in [0, 0.05) is 18.8 Å². The minimum absolute atomic E-state index is 0.223. The molecular weight excluding hydrogens is 314 g/mol. The lowest BCUT2D eigenvalue weighted by Gasteiger charge is -2.11. The van der Waals surface area contributed by atoms with Crippen molar-refractivity contribution in [1.82, 2.24) is 20.2 Å². The van der Waals surface area contributed by atoms with Gasteiger partial charge in [0.05, 0.1) is 10.7 Å². The van der Waals surface area contributed by atoms with Crippen LogP contribution in [0.2, 0.25) is 5.02 Å². The third kappa shape index (κ3) is 5.19. The van der Waals surface area contributed by atoms with Gasteiger partial charge < -0.3 is 15.5 Å². The highest BCUT2D eigenvalue weighted by molar-refractivity contribution is 6.33. The molecule has 0 unspecified atom stereocenters. The number of aryl methyl sites for hydroxylation is 1. The first-order valence-electron chi connectivity index (χ1n) is 7.26. The third-order valence-electron chi connectivity index (χ3n) is 3.05. The molecule has 0 bridgehead atoms. The highest BCUT2D eigenvalue weighted by Crippen LogP contribution is 2.23. The molecule has 0 saturated heterocycles. The largest absolute Gasteiger partial charge is 0.349 e. The number of carbonyl (C=O) groups excluding carboxylic acids is 1. The molecule has 0 aliphatic heterocycles. The maximum atomic E-state index is 12.2. The number of anilines is 2. The van der Waals surface area contributed by atoms with Crippen LogP contribution in [0.3, 0.4) is 0 Å². The van der Waals surface area contributed by atoms with Crippen molar-refractivity contribution in [3.63, 3.8) is 0 Å². The van der Waals surface area contributed by atoms with Crippen LogP contribution in [0, 0.1) is 6.92 Å². The molecule has 2 aromatic rings. The number of aromatic nitrogens is 2. The summed E-state index contributed by atoms with van der Waals surface area (Å²) in [5.41, 5.74) is 1.72. The van der Waals surface area contributed by atoms with Crippen molar-refractivity contribution >= 4 is 29.1 Å². The summed E-state index contributed by atoms with van der Waals surface area (Å²) in [6, 6.07) is 8.95. The molecule has 0 spiro atoms. The van der Waals surface area contributed by atoms with Gasteiger partial charge in [-0.25, -0.2) is 9.97 Å². The number of carbonyl (C=O) groups is 1. The second-order valence-electron chi connectivity index (χ2n) is 5.38. The van der Waals surface area contributed by atoms with Gasteiger partial charge in [0.2, 0.25) is 5.95 Å². The number of rotatable bonds is 6. The van der Waals surface area contributed by atoms with Crippen molar-refractivity contribution < 1.29 is 4.79 Å². The zero-order valence-electron chi connectivity index (χ0n) is 13.4. The monoisotopic (exact) mass is 333 g/mol. The number of para-hydroxylation sites is 1. The number of amides is 1. The molecule has 23 heavy (non-hydrogen) atoms. The zero-order chi connectivity index (χ0) is 16.8. The second-order valence-corrected chi connectivity index (χ2v) is 5.79. The minimum Gasteiger partial charge on any atom is -0.349 e. The number of benzene rings is 1. The molecule has 1 aromatic carbocycles. The Bertz CT molecular complexity index is 690. The summed E-state index contributed by atoms with van der Waals surface area (Å²) in [5.74, 6) is 0.121. The molecule has 1 aromatic heterocycles. The van der Waals surface area contributed by atoms with Crippen molar-refractivity contribution in [1.29, 1.82) is 0 Å². The Kier molecular flexibility index (Phi) is 5.90. The van der Waals surface area contributed by atoms with E-state index in [-0.39, 0.29) is 5.91 Å². The molecule has 1 heterocycles. The SMILES string of the molecule is Cc1cc(C(=O)NCCN(C)C)nc(Nc2ccccc2Cl)n1. The number of nitrogens with zero attached hydrogens (tertiary/aromatic N) is 3. The predicted octanol–water partition coefficient (Wildman–Crippen LogP) is 2.47. The zero-order valence-corrected chi connectivity index (χ0v) is 14.2. The first-order chi connectivity index (χ1) is 11.0. The van der Waals surface area contributed by atoms with Gasteiger partial charge in [0.1, 0.15) is 5.69 Å². The lowest BCUT2D eigenvalue weighted by Crippen LogP contribution is -2.32. The lowest BCUT2D eigenvalue weighted by atomic mass is 10.3. The fourth-order valence-corrected chi connectivity index (χ4v) is 2.09. The molecule has 122 valence electrons. The number of likely N-dealkylation sites (N-methyl/N-ethyl adjacent to an activating group) is 1. The normalized spacial score (nSPS) is 10.7. The Balaban J connectivity index is 2.12. The molecule has 0 saturated carbocycles. The molecule has 0 aliphatic rings. The van der Waals surface area contributed by atoms with E-state index in [0.717, 1.165) is 6.54 Å². The van der Waals surface area contributed by atoms with Gasteiger partial charge in [-0.05, 0) is 39.2 Å². The summed E-state index contributed by atoms with van der Waals surface area (Å²) in [5, 5.41) is 6.44. The van der Waals surface area contributed by atoms with Crippen LogP contribution >= 0.6 is 11.6 Å². The Morgan fingerprint density at radius 1 is 1.26 bits per heavy atom. The van der Waals surface area contributed by atoms with E-state index in [1.54, 1.807) is 12.1 Å². The van der Waals surface area contributed by atoms with Gasteiger partial charge in [0.25, 0.3) is 5.91 Å². The topological polar surface area (TPSA) is 70.2 Å². The lowest BCUT2D eigenvalue weighted by molar-refractivity contribution is 0.0946. The standard InChI is InChI=1S/C16H20ClN5O/c1-11-10-14(15(23)18-8-9-22(2)3)21-16(19-11)20-13-7-5-4-6-12(13)17/h4-7,10H,8-9H2,1-3H3,(H,18,23)(H,19,20,21). The van der Waals surface area contributed by atoms with E-state index in [1.165, 1.54) is 0 Å². The number of hydrogen-bond acceptors (Lipinski definition) is 5. The van der Waals surface area contributed by atoms with Crippen molar-refractivity contribution in [3.05, 3.63) is 46.7 Å². The van der Waals surface area contributed by atoms with Crippen LogP contribution in [0.25, 0.3) is 0 Å². The van der Waals surface area contributed by atoms with Gasteiger partial charge >= 0.3 is 0 Å². The van der Waals surface area contributed by atoms with Crippen molar-refractivity contribution in [3.8, 4) is 0 Å². The molecular formula is C16H20ClN5O. The van der Waals surface area contributed by atoms with Crippen LogP contribution in [0.5, 0.6) is 0 Å². The summed E-state index contributed by atoms with van der Waals surface area (Å²) < 4.78 is 0. The first kappa shape index (κ1) is 17.2. The first-order valence-corrected chi connectivity index (χ1v) is 7.63. The van der Waals surface area contributed by atoms with E-state index in [1.807, 2.05) is 44.1 Å². The van der Waals surface area contributed by atoms with Crippen LogP contribution in [0.15, 0.2) is 30.3 Å². The average molecular weight is 334 g/mol. The minimum atomic E-state index is -0.223. The molecule has 7 heteroatoms. The van der Waals surface area contributed by atoms with Crippen LogP contribution < -0.4 is 10.6 Å². The molecule has 2 rings (SSSR count). The predicted molar refractivity (Wildman–Crippen MR) is 92.4 cm³/mol. The summed E-state index contributed by atoms with van der Waals surface area (Å²) in [4.78, 5) is 22.7. The van der Waals surface area contributed by atoms with Crippen LogP contribution in [0.1, 0.15) is 16.2 Å². The molecule has 1 amide bonds. The molecule has 6 nitrogen and oxygen atoms in total. The smallest absolute Gasteiger partial charge is 0.270 e. The van der Waals surface area contributed by atoms with Crippen molar-refractivity contribution in [2.24, 2.45) is 0 Å². The quantitative estimate of drug-likeness (QED) is 0.850. The molecule has 0 atom stereocenters. The van der Waals surface area contributed by atoms with Crippen molar-refractivity contribution in [2.45, 2.75) is 6.92 Å². The number of nitrogens with one attached hydrogen (secondary N) is 2. The third-order valence-corrected chi connectivity index (χ3v) is 3.38. The summed E-state index contributed by atoms with van der Waals surface area (Å²) >= 11 is 6.11. The van der Waals surface area contributed by atoms with Gasteiger partial charge in [0.15, 0.2) is 0 Å². The Morgan fingerprint density at radius 3 is 2.70 bits per heavy atom. The van der Waals surface area contributed by atoms with E-state index < -0.39 is 0 Å². The summed E-state index contributed by atoms with van der Waals surface area (Å²) in [7, 11) is 3.90. The molecule has 2 N–H and O–H groups in total. The van der Waals surface area contributed by atoms with Gasteiger partial charge in [-0.15, -0.1) is 0 Å². The highest BCUT2D eigenvalue weighted by atomic mass is 35.5. The van der Waals surface area contributed by atoms with E-state index in [9.17, 15) is 4.79 Å². The number of halogens is 1. The fraction of sp³-hybridized carbons (Fsp3) is 0.312. The van der Waals surface area contributed by atoms with Gasteiger partial charge in [-0.1, -0.05) is 23.7 Å². The Morgan fingerprint density at radius 2 is 2.00 bits per heavy atom. The maximum Gasteiger partial charge on any atom is 0.270 e. The number of hydrogen-bond donors (Lipinski definition) is 2. The van der Waals surface area contributed by atoms with Crippen molar-refractivity contribution in [2.75, 3.05) is 32.5 Å². The highest BCUT2D eigenvalue weighted by Gasteiger charge is 2.11. The van der Waals surface area contributed by atoms with Crippen LogP contribution in [-0.2, 0) is 0 Å². The van der Waals surface area contributed by atoms with Crippen LogP contribution in [0.4, 0.5) is 11.6 Å². The summed E-state index contributed by atoms with van der Waals surface area (Å²) in [6.07, 6.45) is 0. The fourth-order valence-electron chi connectivity index (χ4n) is 1.91. The Hall–Kier alpha value is -2.18. The second kappa shape index (κ2) is 7.89. The van der Waals surface area contributed by atoms with E-state index >= 15 is 0 Å². The molecule has 0 radical (unpaired) electrons. The average Bonchev–Trinajstić information content (AvgIpc) is 2.48. The van der Waals surface area contributed by atoms with Gasteiger partial charge in [-0.3, -0.25) is 4.79 Å². The maximum absolute atomic E-state index is 12.2. The van der Waals surface area contributed by atoms with Gasteiger partial charge in [-0.2, -0.15) is 0 Å².